The maximum atomic E-state index is 10.2. The number of carbonyl (C=O) groups is 1. The minimum Gasteiger partial charge on any atom is -0.495 e. The molecule has 4 N–H and O–H groups in total. The molecule has 0 aliphatic heterocycles. The number of hydrogen-bond acceptors (Lipinski definition) is 3. The van der Waals surface area contributed by atoms with Crippen LogP contribution in [0, 0.1) is 0 Å². The fourth-order valence-corrected chi connectivity index (χ4v) is 0.446. The highest BCUT2D eigenvalue weighted by atomic mass is 16.4. The van der Waals surface area contributed by atoms with Gasteiger partial charge in [0.2, 0.25) is 0 Å². The van der Waals surface area contributed by atoms with E-state index in [9.17, 15) is 4.79 Å². The number of carboxylic acid groups (broad SMARTS) is 1. The van der Waals surface area contributed by atoms with Crippen LogP contribution in [0.15, 0.2) is 24.1 Å². The highest BCUT2D eigenvalue weighted by Gasteiger charge is 2.08. The summed E-state index contributed by atoms with van der Waals surface area (Å²) in [6.07, 6.45) is 1.42. The Morgan fingerprint density at radius 3 is 2.20 bits per heavy atom. The number of hydrogen-bond donors (Lipinski definition) is 3. The van der Waals surface area contributed by atoms with E-state index in [-0.39, 0.29) is 12.0 Å². The third-order valence-electron chi connectivity index (χ3n) is 0.916. The normalized spacial score (nSPS) is 12.0. The van der Waals surface area contributed by atoms with Gasteiger partial charge < -0.3 is 15.9 Å². The van der Waals surface area contributed by atoms with Crippen LogP contribution < -0.4 is 5.73 Å². The molecule has 0 spiro atoms. The second-order valence-corrected chi connectivity index (χ2v) is 1.66. The Bertz CT molecular complexity index is 179. The molecule has 0 radical (unpaired) electrons. The van der Waals surface area contributed by atoms with Gasteiger partial charge in [-0.05, 0) is 0 Å². The quantitative estimate of drug-likeness (QED) is 0.303. The summed E-state index contributed by atoms with van der Waals surface area (Å²) in [5.41, 5.74) is 4.60. The van der Waals surface area contributed by atoms with E-state index in [1.807, 2.05) is 0 Å². The molecule has 0 saturated heterocycles. The summed E-state index contributed by atoms with van der Waals surface area (Å²) < 4.78 is 0. The molecule has 10 heavy (non-hydrogen) atoms. The SMILES string of the molecule is C=CCC(C(=O)O)=C(N)O. The molecule has 4 heteroatoms. The van der Waals surface area contributed by atoms with Crippen molar-refractivity contribution in [1.29, 1.82) is 0 Å². The van der Waals surface area contributed by atoms with Crippen LogP contribution in [0.4, 0.5) is 0 Å². The highest BCUT2D eigenvalue weighted by molar-refractivity contribution is 5.87. The molecule has 0 unspecified atom stereocenters. The summed E-state index contributed by atoms with van der Waals surface area (Å²) in [5.74, 6) is -1.88. The van der Waals surface area contributed by atoms with Gasteiger partial charge in [-0.3, -0.25) is 0 Å². The first-order valence-corrected chi connectivity index (χ1v) is 2.61. The van der Waals surface area contributed by atoms with E-state index < -0.39 is 11.9 Å². The van der Waals surface area contributed by atoms with Crippen LogP contribution in [0.1, 0.15) is 6.42 Å². The van der Waals surface area contributed by atoms with Crippen LogP contribution in [0.3, 0.4) is 0 Å². The predicted molar refractivity (Wildman–Crippen MR) is 36.3 cm³/mol. The Hall–Kier alpha value is -1.45. The van der Waals surface area contributed by atoms with E-state index in [0.29, 0.717) is 0 Å². The van der Waals surface area contributed by atoms with Gasteiger partial charge in [0.05, 0.1) is 5.57 Å². The molecule has 0 bridgehead atoms. The van der Waals surface area contributed by atoms with Gasteiger partial charge in [0, 0.05) is 6.42 Å². The lowest BCUT2D eigenvalue weighted by molar-refractivity contribution is -0.132. The van der Waals surface area contributed by atoms with E-state index in [4.69, 9.17) is 15.9 Å². The fraction of sp³-hybridized carbons (Fsp3) is 0.167. The van der Waals surface area contributed by atoms with Gasteiger partial charge in [-0.1, -0.05) is 6.08 Å². The van der Waals surface area contributed by atoms with Gasteiger partial charge in [0.1, 0.15) is 0 Å². The van der Waals surface area contributed by atoms with Crippen molar-refractivity contribution in [3.8, 4) is 0 Å². The number of carboxylic acids is 1. The third kappa shape index (κ3) is 2.21. The van der Waals surface area contributed by atoms with Crippen LogP contribution in [-0.2, 0) is 4.79 Å². The van der Waals surface area contributed by atoms with Gasteiger partial charge in [0.15, 0.2) is 5.88 Å². The van der Waals surface area contributed by atoms with Crippen molar-refractivity contribution in [1.82, 2.24) is 0 Å². The zero-order valence-electron chi connectivity index (χ0n) is 5.37. The molecule has 0 aliphatic carbocycles. The molecule has 4 nitrogen and oxygen atoms in total. The molecular formula is C6H9NO3. The van der Waals surface area contributed by atoms with E-state index >= 15 is 0 Å². The zero-order valence-corrected chi connectivity index (χ0v) is 5.37. The predicted octanol–water partition coefficient (Wildman–Crippen LogP) is 0.375. The summed E-state index contributed by atoms with van der Waals surface area (Å²) >= 11 is 0. The Morgan fingerprint density at radius 2 is 2.10 bits per heavy atom. The van der Waals surface area contributed by atoms with Crippen molar-refractivity contribution in [2.45, 2.75) is 6.42 Å². The molecule has 0 rings (SSSR count). The van der Waals surface area contributed by atoms with Crippen LogP contribution in [0.25, 0.3) is 0 Å². The standard InChI is InChI=1S/C6H9NO3/c1-2-3-4(5(7)8)6(9)10/h2,8H,1,3,7H2,(H,9,10). The summed E-state index contributed by atoms with van der Waals surface area (Å²) in [6.45, 7) is 3.30. The van der Waals surface area contributed by atoms with Crippen LogP contribution in [0.2, 0.25) is 0 Å². The molecule has 0 saturated carbocycles. The first kappa shape index (κ1) is 8.55. The first-order chi connectivity index (χ1) is 4.59. The lowest BCUT2D eigenvalue weighted by Gasteiger charge is -1.97. The average Bonchev–Trinajstić information content (AvgIpc) is 1.81. The summed E-state index contributed by atoms with van der Waals surface area (Å²) in [5, 5.41) is 16.9. The van der Waals surface area contributed by atoms with Crippen molar-refractivity contribution in [3.05, 3.63) is 24.1 Å². The number of nitrogens with two attached hydrogens (primary N) is 1. The molecule has 0 atom stereocenters. The van der Waals surface area contributed by atoms with Gasteiger partial charge >= 0.3 is 5.97 Å². The topological polar surface area (TPSA) is 83.5 Å². The molecule has 0 amide bonds. The molecule has 0 aromatic heterocycles. The number of aliphatic hydroxyl groups excluding tert-OH is 1. The molecule has 0 aromatic rings. The molecule has 0 heterocycles. The molecule has 0 aliphatic rings. The average molecular weight is 143 g/mol. The van der Waals surface area contributed by atoms with Crippen LogP contribution in [0.5, 0.6) is 0 Å². The number of rotatable bonds is 3. The van der Waals surface area contributed by atoms with Crippen molar-refractivity contribution in [2.24, 2.45) is 5.73 Å². The highest BCUT2D eigenvalue weighted by Crippen LogP contribution is 2.02. The number of aliphatic carboxylic acids is 1. The van der Waals surface area contributed by atoms with Crippen molar-refractivity contribution in [2.75, 3.05) is 0 Å². The van der Waals surface area contributed by atoms with E-state index in [0.717, 1.165) is 0 Å². The molecule has 0 aromatic carbocycles. The van der Waals surface area contributed by atoms with Gasteiger partial charge in [-0.2, -0.15) is 0 Å². The smallest absolute Gasteiger partial charge is 0.337 e. The lowest BCUT2D eigenvalue weighted by atomic mass is 10.2. The fourth-order valence-electron chi connectivity index (χ4n) is 0.446. The number of aliphatic hydroxyl groups is 1. The maximum Gasteiger partial charge on any atom is 0.337 e. The minimum atomic E-state index is -1.22. The Balaban J connectivity index is 4.42. The van der Waals surface area contributed by atoms with Crippen molar-refractivity contribution < 1.29 is 15.0 Å². The maximum absolute atomic E-state index is 10.2. The van der Waals surface area contributed by atoms with Gasteiger partial charge in [-0.15, -0.1) is 6.58 Å². The Labute approximate surface area is 58.3 Å². The van der Waals surface area contributed by atoms with E-state index in [1.54, 1.807) is 0 Å². The Kier molecular flexibility index (Phi) is 3.04. The summed E-state index contributed by atoms with van der Waals surface area (Å²) in [4.78, 5) is 10.2. The molecule has 0 fully saturated rings. The van der Waals surface area contributed by atoms with Gasteiger partial charge in [0.25, 0.3) is 0 Å². The van der Waals surface area contributed by atoms with E-state index in [2.05, 4.69) is 6.58 Å². The monoisotopic (exact) mass is 143 g/mol. The minimum absolute atomic E-state index is 0.0671. The van der Waals surface area contributed by atoms with Crippen LogP contribution >= 0.6 is 0 Å². The molecular weight excluding hydrogens is 134 g/mol. The summed E-state index contributed by atoms with van der Waals surface area (Å²) in [7, 11) is 0. The molecule has 56 valence electrons. The van der Waals surface area contributed by atoms with E-state index in [1.165, 1.54) is 6.08 Å². The summed E-state index contributed by atoms with van der Waals surface area (Å²) in [6, 6.07) is 0. The van der Waals surface area contributed by atoms with Gasteiger partial charge in [-0.25, -0.2) is 4.79 Å². The largest absolute Gasteiger partial charge is 0.495 e. The number of allylic oxidation sites excluding steroid dienone is 1. The Morgan fingerprint density at radius 1 is 1.60 bits per heavy atom. The zero-order chi connectivity index (χ0) is 8.15. The lowest BCUT2D eigenvalue weighted by Crippen LogP contribution is -2.09. The van der Waals surface area contributed by atoms with Crippen molar-refractivity contribution in [3.63, 3.8) is 0 Å². The first-order valence-electron chi connectivity index (χ1n) is 2.61. The second-order valence-electron chi connectivity index (χ2n) is 1.66. The van der Waals surface area contributed by atoms with Crippen LogP contribution in [-0.4, -0.2) is 16.2 Å². The van der Waals surface area contributed by atoms with Crippen molar-refractivity contribution >= 4 is 5.97 Å². The third-order valence-corrected chi connectivity index (χ3v) is 0.916. The second kappa shape index (κ2) is 3.55.